The number of carbonyl (C=O) groups is 2. The van der Waals surface area contributed by atoms with Crippen molar-refractivity contribution in [2.75, 3.05) is 27.3 Å². The maximum absolute atomic E-state index is 11.8. The van der Waals surface area contributed by atoms with Crippen LogP contribution in [0.3, 0.4) is 0 Å². The van der Waals surface area contributed by atoms with Crippen molar-refractivity contribution in [3.05, 3.63) is 0 Å². The van der Waals surface area contributed by atoms with Gasteiger partial charge in [0.2, 0.25) is 11.8 Å². The average Bonchev–Trinajstić information content (AvgIpc) is 2.33. The molecular weight excluding hydrogens is 234 g/mol. The number of hydrogen-bond donors (Lipinski definition) is 2. The Labute approximate surface area is 109 Å². The first-order valence-electron chi connectivity index (χ1n) is 6.09. The Balaban J connectivity index is 4.14. The lowest BCUT2D eigenvalue weighted by molar-refractivity contribution is -0.134. The Morgan fingerprint density at radius 3 is 2.33 bits per heavy atom. The first-order valence-corrected chi connectivity index (χ1v) is 6.09. The number of likely N-dealkylation sites (N-methyl/N-ethyl adjacent to an activating group) is 1. The molecule has 0 fully saturated rings. The van der Waals surface area contributed by atoms with Gasteiger partial charge in [0.25, 0.3) is 0 Å². The minimum atomic E-state index is -0.584. The second-order valence-corrected chi connectivity index (χ2v) is 4.80. The number of nitrogens with one attached hydrogen (secondary N) is 1. The molecule has 0 spiro atoms. The summed E-state index contributed by atoms with van der Waals surface area (Å²) in [7, 11) is 3.26. The smallest absolute Gasteiger partial charge is 0.242 e. The molecule has 2 atom stereocenters. The molecule has 0 aromatic heterocycles. The van der Waals surface area contributed by atoms with Gasteiger partial charge in [-0.1, -0.05) is 13.8 Å². The van der Waals surface area contributed by atoms with Gasteiger partial charge in [-0.2, -0.15) is 0 Å². The van der Waals surface area contributed by atoms with Crippen LogP contribution >= 0.6 is 0 Å². The minimum Gasteiger partial charge on any atom is -0.383 e. The van der Waals surface area contributed by atoms with Crippen molar-refractivity contribution in [1.82, 2.24) is 10.2 Å². The third-order valence-corrected chi connectivity index (χ3v) is 2.90. The van der Waals surface area contributed by atoms with E-state index in [-0.39, 0.29) is 30.3 Å². The summed E-state index contributed by atoms with van der Waals surface area (Å²) in [6.45, 7) is 6.02. The predicted molar refractivity (Wildman–Crippen MR) is 69.9 cm³/mol. The van der Waals surface area contributed by atoms with E-state index < -0.39 is 6.04 Å². The fourth-order valence-corrected chi connectivity index (χ4v) is 1.31. The molecule has 0 rings (SSSR count). The standard InChI is InChI=1S/C12H25N3O3/c1-8(2)11(13)12(17)14-6-10(16)15(4)9(3)7-18-5/h8-9,11H,6-7,13H2,1-5H3,(H,14,17)/t9?,11-/m0/s1. The van der Waals surface area contributed by atoms with Gasteiger partial charge in [0.1, 0.15) is 0 Å². The van der Waals surface area contributed by atoms with Crippen LogP contribution in [0, 0.1) is 5.92 Å². The van der Waals surface area contributed by atoms with E-state index in [0.29, 0.717) is 6.61 Å². The Morgan fingerprint density at radius 1 is 1.33 bits per heavy atom. The van der Waals surface area contributed by atoms with E-state index >= 15 is 0 Å². The zero-order valence-electron chi connectivity index (χ0n) is 11.9. The van der Waals surface area contributed by atoms with Crippen LogP contribution in [0.5, 0.6) is 0 Å². The molecule has 1 unspecified atom stereocenters. The molecule has 6 nitrogen and oxygen atoms in total. The predicted octanol–water partition coefficient (Wildman–Crippen LogP) is -0.421. The van der Waals surface area contributed by atoms with Crippen LogP contribution in [-0.2, 0) is 14.3 Å². The zero-order valence-corrected chi connectivity index (χ0v) is 11.9. The molecule has 0 heterocycles. The van der Waals surface area contributed by atoms with Crippen molar-refractivity contribution < 1.29 is 14.3 Å². The highest BCUT2D eigenvalue weighted by Gasteiger charge is 2.20. The van der Waals surface area contributed by atoms with E-state index in [1.807, 2.05) is 20.8 Å². The Hall–Kier alpha value is -1.14. The van der Waals surface area contributed by atoms with Gasteiger partial charge in [0, 0.05) is 14.2 Å². The summed E-state index contributed by atoms with van der Waals surface area (Å²) in [4.78, 5) is 24.9. The normalized spacial score (nSPS) is 14.2. The number of ether oxygens (including phenoxy) is 1. The van der Waals surface area contributed by atoms with Gasteiger partial charge in [-0.25, -0.2) is 0 Å². The van der Waals surface area contributed by atoms with Gasteiger partial charge in [-0.3, -0.25) is 9.59 Å². The van der Waals surface area contributed by atoms with Crippen LogP contribution in [0.15, 0.2) is 0 Å². The lowest BCUT2D eigenvalue weighted by Gasteiger charge is -2.25. The van der Waals surface area contributed by atoms with Gasteiger partial charge in [-0.15, -0.1) is 0 Å². The van der Waals surface area contributed by atoms with E-state index in [1.165, 1.54) is 0 Å². The van der Waals surface area contributed by atoms with Gasteiger partial charge < -0.3 is 20.7 Å². The van der Waals surface area contributed by atoms with E-state index in [9.17, 15) is 9.59 Å². The van der Waals surface area contributed by atoms with Crippen molar-refractivity contribution in [1.29, 1.82) is 0 Å². The van der Waals surface area contributed by atoms with Crippen molar-refractivity contribution >= 4 is 11.8 Å². The Morgan fingerprint density at radius 2 is 1.89 bits per heavy atom. The highest BCUT2D eigenvalue weighted by molar-refractivity contribution is 5.87. The lowest BCUT2D eigenvalue weighted by Crippen LogP contribution is -2.49. The highest BCUT2D eigenvalue weighted by atomic mass is 16.5. The molecular formula is C12H25N3O3. The topological polar surface area (TPSA) is 84.7 Å². The molecule has 0 saturated carbocycles. The number of methoxy groups -OCH3 is 1. The summed E-state index contributed by atoms with van der Waals surface area (Å²) in [6, 6.07) is -0.613. The van der Waals surface area contributed by atoms with E-state index in [4.69, 9.17) is 10.5 Å². The minimum absolute atomic E-state index is 0.0295. The fourth-order valence-electron chi connectivity index (χ4n) is 1.31. The summed E-state index contributed by atoms with van der Waals surface area (Å²) >= 11 is 0. The van der Waals surface area contributed by atoms with Gasteiger partial charge in [-0.05, 0) is 12.8 Å². The second-order valence-electron chi connectivity index (χ2n) is 4.80. The average molecular weight is 259 g/mol. The fraction of sp³-hybridized carbons (Fsp3) is 0.833. The summed E-state index contributed by atoms with van der Waals surface area (Å²) in [5, 5.41) is 2.55. The molecule has 0 aromatic carbocycles. The van der Waals surface area contributed by atoms with Gasteiger partial charge in [0.05, 0.1) is 25.2 Å². The number of rotatable bonds is 7. The number of nitrogens with zero attached hydrogens (tertiary/aromatic N) is 1. The first kappa shape index (κ1) is 16.9. The first-order chi connectivity index (χ1) is 8.31. The molecule has 0 aliphatic carbocycles. The molecule has 3 N–H and O–H groups in total. The van der Waals surface area contributed by atoms with Crippen molar-refractivity contribution in [2.45, 2.75) is 32.9 Å². The monoisotopic (exact) mass is 259 g/mol. The summed E-state index contributed by atoms with van der Waals surface area (Å²) < 4.78 is 4.97. The van der Waals surface area contributed by atoms with Crippen LogP contribution < -0.4 is 11.1 Å². The lowest BCUT2D eigenvalue weighted by atomic mass is 10.1. The molecule has 2 amide bonds. The summed E-state index contributed by atoms with van der Waals surface area (Å²) in [5.74, 6) is -0.416. The SMILES string of the molecule is COCC(C)N(C)C(=O)CNC(=O)[C@@H](N)C(C)C. The van der Waals surface area contributed by atoms with E-state index in [1.54, 1.807) is 19.1 Å². The Bertz CT molecular complexity index is 282. The second kappa shape index (κ2) is 8.05. The maximum Gasteiger partial charge on any atom is 0.242 e. The number of amides is 2. The van der Waals surface area contributed by atoms with Crippen molar-refractivity contribution in [3.63, 3.8) is 0 Å². The number of nitrogens with two attached hydrogens (primary N) is 1. The zero-order chi connectivity index (χ0) is 14.3. The third kappa shape index (κ3) is 5.46. The summed E-state index contributed by atoms with van der Waals surface area (Å²) in [5.41, 5.74) is 5.67. The van der Waals surface area contributed by atoms with Crippen LogP contribution in [-0.4, -0.2) is 56.1 Å². The molecule has 0 aliphatic heterocycles. The van der Waals surface area contributed by atoms with Crippen LogP contribution in [0.1, 0.15) is 20.8 Å². The molecule has 0 aliphatic rings. The van der Waals surface area contributed by atoms with E-state index in [0.717, 1.165) is 0 Å². The summed E-state index contributed by atoms with van der Waals surface area (Å²) in [6.07, 6.45) is 0. The van der Waals surface area contributed by atoms with Crippen LogP contribution in [0.25, 0.3) is 0 Å². The molecule has 0 aromatic rings. The molecule has 0 radical (unpaired) electrons. The highest BCUT2D eigenvalue weighted by Crippen LogP contribution is 1.99. The molecule has 106 valence electrons. The maximum atomic E-state index is 11.8. The largest absolute Gasteiger partial charge is 0.383 e. The Kier molecular flexibility index (Phi) is 7.54. The number of carbonyl (C=O) groups excluding carboxylic acids is 2. The molecule has 6 heteroatoms. The van der Waals surface area contributed by atoms with Crippen LogP contribution in [0.4, 0.5) is 0 Å². The third-order valence-electron chi connectivity index (χ3n) is 2.90. The molecule has 18 heavy (non-hydrogen) atoms. The molecule has 0 saturated heterocycles. The van der Waals surface area contributed by atoms with Crippen molar-refractivity contribution in [3.8, 4) is 0 Å². The van der Waals surface area contributed by atoms with E-state index in [2.05, 4.69) is 5.32 Å². The van der Waals surface area contributed by atoms with Crippen LogP contribution in [0.2, 0.25) is 0 Å². The number of hydrogen-bond acceptors (Lipinski definition) is 4. The quantitative estimate of drug-likeness (QED) is 0.650. The van der Waals surface area contributed by atoms with Crippen molar-refractivity contribution in [2.24, 2.45) is 11.7 Å². The van der Waals surface area contributed by atoms with Gasteiger partial charge in [0.15, 0.2) is 0 Å². The van der Waals surface area contributed by atoms with Gasteiger partial charge >= 0.3 is 0 Å². The molecule has 0 bridgehead atoms.